The van der Waals surface area contributed by atoms with E-state index in [2.05, 4.69) is 10.0 Å². The van der Waals surface area contributed by atoms with Crippen molar-refractivity contribution in [2.75, 3.05) is 24.1 Å². The predicted molar refractivity (Wildman–Crippen MR) is 78.2 cm³/mol. The summed E-state index contributed by atoms with van der Waals surface area (Å²) in [4.78, 5) is 11.8. The maximum Gasteiger partial charge on any atom is 0.253 e. The number of amides is 1. The molecule has 0 heterocycles. The smallest absolute Gasteiger partial charge is 0.253 e. The minimum Gasteiger partial charge on any atom is -0.352 e. The maximum atomic E-state index is 11.8. The van der Waals surface area contributed by atoms with Gasteiger partial charge < -0.3 is 11.1 Å². The van der Waals surface area contributed by atoms with E-state index in [1.165, 1.54) is 0 Å². The summed E-state index contributed by atoms with van der Waals surface area (Å²) in [5, 5.41) is 2.67. The molecule has 1 aromatic carbocycles. The number of para-hydroxylation sites is 1. The van der Waals surface area contributed by atoms with Crippen molar-refractivity contribution in [3.63, 3.8) is 0 Å². The van der Waals surface area contributed by atoms with E-state index < -0.39 is 10.0 Å². The minimum atomic E-state index is -3.41. The second kappa shape index (κ2) is 7.98. The van der Waals surface area contributed by atoms with Crippen LogP contribution in [0.5, 0.6) is 0 Å². The first kappa shape index (κ1) is 17.7. The molecule has 4 N–H and O–H groups in total. The van der Waals surface area contributed by atoms with Crippen LogP contribution in [0.2, 0.25) is 0 Å². The molecular formula is C11H18ClN3O3S. The van der Waals surface area contributed by atoms with E-state index in [0.717, 1.165) is 6.26 Å². The summed E-state index contributed by atoms with van der Waals surface area (Å²) in [6.07, 6.45) is 1.71. The molecule has 1 aromatic rings. The van der Waals surface area contributed by atoms with Crippen molar-refractivity contribution in [1.29, 1.82) is 0 Å². The van der Waals surface area contributed by atoms with Crippen LogP contribution in [0.3, 0.4) is 0 Å². The maximum absolute atomic E-state index is 11.8. The Kier molecular flexibility index (Phi) is 7.43. The Morgan fingerprint density at radius 3 is 2.53 bits per heavy atom. The Morgan fingerprint density at radius 1 is 1.32 bits per heavy atom. The van der Waals surface area contributed by atoms with E-state index in [1.807, 2.05) is 0 Å². The molecule has 108 valence electrons. The summed E-state index contributed by atoms with van der Waals surface area (Å²) >= 11 is 0. The molecule has 0 aliphatic heterocycles. The molecule has 0 saturated heterocycles. The Labute approximate surface area is 119 Å². The fourth-order valence-corrected chi connectivity index (χ4v) is 1.95. The lowest BCUT2D eigenvalue weighted by atomic mass is 10.1. The summed E-state index contributed by atoms with van der Waals surface area (Å²) in [6.45, 7) is 0.950. The number of hydrogen-bond acceptors (Lipinski definition) is 4. The average molecular weight is 308 g/mol. The van der Waals surface area contributed by atoms with Gasteiger partial charge in [0.1, 0.15) is 0 Å². The van der Waals surface area contributed by atoms with Crippen molar-refractivity contribution < 1.29 is 13.2 Å². The molecule has 8 heteroatoms. The van der Waals surface area contributed by atoms with E-state index in [4.69, 9.17) is 5.73 Å². The summed E-state index contributed by atoms with van der Waals surface area (Å²) in [5.74, 6) is -0.324. The van der Waals surface area contributed by atoms with Gasteiger partial charge in [0.05, 0.1) is 17.5 Å². The zero-order chi connectivity index (χ0) is 13.6. The third-order valence-corrected chi connectivity index (χ3v) is 2.72. The van der Waals surface area contributed by atoms with Crippen LogP contribution in [-0.2, 0) is 10.0 Å². The number of rotatable bonds is 6. The van der Waals surface area contributed by atoms with Gasteiger partial charge in [-0.3, -0.25) is 9.52 Å². The molecule has 6 nitrogen and oxygen atoms in total. The van der Waals surface area contributed by atoms with Gasteiger partial charge in [-0.15, -0.1) is 12.4 Å². The molecule has 0 radical (unpaired) electrons. The van der Waals surface area contributed by atoms with E-state index in [9.17, 15) is 13.2 Å². The van der Waals surface area contributed by atoms with Gasteiger partial charge in [0.15, 0.2) is 0 Å². The Bertz CT molecular complexity index is 520. The van der Waals surface area contributed by atoms with Gasteiger partial charge in [-0.1, -0.05) is 12.1 Å². The number of carbonyl (C=O) groups is 1. The molecule has 0 unspecified atom stereocenters. The highest BCUT2D eigenvalue weighted by molar-refractivity contribution is 7.92. The molecule has 1 amide bonds. The Morgan fingerprint density at radius 2 is 1.95 bits per heavy atom. The largest absolute Gasteiger partial charge is 0.352 e. The highest BCUT2D eigenvalue weighted by Gasteiger charge is 2.12. The van der Waals surface area contributed by atoms with Crippen molar-refractivity contribution in [1.82, 2.24) is 5.32 Å². The van der Waals surface area contributed by atoms with Gasteiger partial charge in [-0.25, -0.2) is 8.42 Å². The van der Waals surface area contributed by atoms with Gasteiger partial charge in [-0.2, -0.15) is 0 Å². The molecule has 0 bridgehead atoms. The fourth-order valence-electron chi connectivity index (χ4n) is 1.37. The Hall–Kier alpha value is -1.31. The van der Waals surface area contributed by atoms with Crippen molar-refractivity contribution in [2.24, 2.45) is 5.73 Å². The molecular weight excluding hydrogens is 290 g/mol. The van der Waals surface area contributed by atoms with E-state index in [1.54, 1.807) is 24.3 Å². The average Bonchev–Trinajstić information content (AvgIpc) is 2.27. The van der Waals surface area contributed by atoms with Crippen LogP contribution < -0.4 is 15.8 Å². The summed E-state index contributed by atoms with van der Waals surface area (Å²) in [6, 6.07) is 6.43. The van der Waals surface area contributed by atoms with Crippen LogP contribution >= 0.6 is 12.4 Å². The molecule has 1 rings (SSSR count). The molecule has 0 spiro atoms. The van der Waals surface area contributed by atoms with Crippen LogP contribution in [0.15, 0.2) is 24.3 Å². The van der Waals surface area contributed by atoms with Gasteiger partial charge in [0.2, 0.25) is 10.0 Å². The second-order valence-corrected chi connectivity index (χ2v) is 5.57. The van der Waals surface area contributed by atoms with Gasteiger partial charge in [0.25, 0.3) is 5.91 Å². The summed E-state index contributed by atoms with van der Waals surface area (Å²) in [5.41, 5.74) is 5.88. The highest BCUT2D eigenvalue weighted by atomic mass is 35.5. The zero-order valence-electron chi connectivity index (χ0n) is 10.5. The minimum absolute atomic E-state index is 0. The number of nitrogens with two attached hydrogens (primary N) is 1. The molecule has 0 aliphatic rings. The van der Waals surface area contributed by atoms with E-state index in [0.29, 0.717) is 25.1 Å². The number of carbonyl (C=O) groups excluding carboxylic acids is 1. The predicted octanol–water partition coefficient (Wildman–Crippen LogP) is 0.559. The molecule has 0 fully saturated rings. The molecule has 0 aliphatic carbocycles. The number of anilines is 1. The monoisotopic (exact) mass is 307 g/mol. The van der Waals surface area contributed by atoms with Crippen LogP contribution in [0.1, 0.15) is 16.8 Å². The van der Waals surface area contributed by atoms with Gasteiger partial charge in [0, 0.05) is 6.54 Å². The first-order valence-electron chi connectivity index (χ1n) is 5.49. The normalized spacial score (nSPS) is 10.4. The third-order valence-electron chi connectivity index (χ3n) is 2.13. The standard InChI is InChI=1S/C11H17N3O3S.ClH/c1-18(16,17)14-10-6-3-2-5-9(10)11(15)13-8-4-7-12;/h2-3,5-6,14H,4,7-8,12H2,1H3,(H,13,15);1H. The van der Waals surface area contributed by atoms with E-state index in [-0.39, 0.29) is 24.0 Å². The molecule has 0 aromatic heterocycles. The van der Waals surface area contributed by atoms with Crippen LogP contribution in [0.25, 0.3) is 0 Å². The number of nitrogens with one attached hydrogen (secondary N) is 2. The SMILES string of the molecule is CS(=O)(=O)Nc1ccccc1C(=O)NCCCN.Cl. The quantitative estimate of drug-likeness (QED) is 0.668. The molecule has 0 atom stereocenters. The zero-order valence-corrected chi connectivity index (χ0v) is 12.2. The number of benzene rings is 1. The molecule has 19 heavy (non-hydrogen) atoms. The number of halogens is 1. The number of hydrogen-bond donors (Lipinski definition) is 3. The van der Waals surface area contributed by atoms with Crippen LogP contribution in [0.4, 0.5) is 5.69 Å². The van der Waals surface area contributed by atoms with Crippen LogP contribution in [-0.4, -0.2) is 33.7 Å². The van der Waals surface area contributed by atoms with E-state index >= 15 is 0 Å². The van der Waals surface area contributed by atoms with Gasteiger partial charge >= 0.3 is 0 Å². The lowest BCUT2D eigenvalue weighted by Gasteiger charge is -2.10. The fraction of sp³-hybridized carbons (Fsp3) is 0.364. The molecule has 0 saturated carbocycles. The van der Waals surface area contributed by atoms with Gasteiger partial charge in [-0.05, 0) is 25.1 Å². The van der Waals surface area contributed by atoms with Crippen molar-refractivity contribution in [3.8, 4) is 0 Å². The Balaban J connectivity index is 0.00000324. The highest BCUT2D eigenvalue weighted by Crippen LogP contribution is 2.15. The first-order chi connectivity index (χ1) is 8.44. The summed E-state index contributed by atoms with van der Waals surface area (Å²) < 4.78 is 24.7. The topological polar surface area (TPSA) is 101 Å². The lowest BCUT2D eigenvalue weighted by Crippen LogP contribution is -2.27. The first-order valence-corrected chi connectivity index (χ1v) is 7.38. The van der Waals surface area contributed by atoms with Crippen LogP contribution in [0, 0.1) is 0 Å². The second-order valence-electron chi connectivity index (χ2n) is 3.82. The van der Waals surface area contributed by atoms with Crippen molar-refractivity contribution in [2.45, 2.75) is 6.42 Å². The number of sulfonamides is 1. The lowest BCUT2D eigenvalue weighted by molar-refractivity contribution is 0.0954. The third kappa shape index (κ3) is 6.42. The summed E-state index contributed by atoms with van der Waals surface area (Å²) in [7, 11) is -3.41. The van der Waals surface area contributed by atoms with Crippen molar-refractivity contribution in [3.05, 3.63) is 29.8 Å². The van der Waals surface area contributed by atoms with Crippen molar-refractivity contribution >= 4 is 34.0 Å².